The Balaban J connectivity index is 1.02. The maximum atomic E-state index is 5.29. The van der Waals surface area contributed by atoms with Crippen LogP contribution in [-0.2, 0) is 12.8 Å². The largest absolute Gasteiger partial charge is 0.310 e. The molecule has 0 N–H and O–H groups in total. The zero-order valence-corrected chi connectivity index (χ0v) is 36.1. The van der Waals surface area contributed by atoms with Crippen molar-refractivity contribution in [2.75, 3.05) is 9.80 Å². The van der Waals surface area contributed by atoms with Crippen molar-refractivity contribution in [1.82, 2.24) is 9.97 Å². The molecule has 0 radical (unpaired) electrons. The number of fused-ring (bicyclic) bond motifs is 1. The number of hydrogen-bond donors (Lipinski definition) is 0. The molecule has 10 aromatic rings. The van der Waals surface area contributed by atoms with E-state index in [-0.39, 0.29) is 0 Å². The number of rotatable bonds is 12. The Morgan fingerprint density at radius 1 is 0.281 bits per heavy atom. The Kier molecular flexibility index (Phi) is 11.3. The first kappa shape index (κ1) is 40.0. The third-order valence-corrected chi connectivity index (χ3v) is 12.0. The summed E-state index contributed by atoms with van der Waals surface area (Å²) in [5, 5.41) is 0. The lowest BCUT2D eigenvalue weighted by molar-refractivity contribution is 1.13. The van der Waals surface area contributed by atoms with Crippen LogP contribution in [0.5, 0.6) is 0 Å². The SMILES string of the molecule is CCc1cccc(N(c2ccc(-c3ccccc3)cc2)c2ccc(-c3nc4ccccc4nc3-c3ccc(N(c4ccc(-c5ccccc5)cc4)c4cccc(CC)c4)cc3)cc2)c1. The standard InChI is InChI=1S/C60H48N4/c1-3-43-15-13-21-55(41-43)63(51-33-25-47(26-34-51)45-17-7-5-8-18-45)53-37-29-49(30-38-53)59-60(62-58-24-12-11-23-57(58)61-59)50-31-39-54(40-32-50)64(56-22-14-16-44(4-2)42-56)52-35-27-48(28-36-52)46-19-9-6-10-20-46/h5-42H,3-4H2,1-2H3. The highest BCUT2D eigenvalue weighted by Crippen LogP contribution is 2.41. The molecule has 4 nitrogen and oxygen atoms in total. The van der Waals surface area contributed by atoms with Gasteiger partial charge in [-0.1, -0.05) is 159 Å². The van der Waals surface area contributed by atoms with Gasteiger partial charge in [0.1, 0.15) is 0 Å². The molecule has 0 aliphatic heterocycles. The molecule has 1 aromatic heterocycles. The first-order chi connectivity index (χ1) is 31.6. The first-order valence-electron chi connectivity index (χ1n) is 22.2. The molecule has 9 aromatic carbocycles. The lowest BCUT2D eigenvalue weighted by Gasteiger charge is -2.26. The van der Waals surface area contributed by atoms with Crippen LogP contribution < -0.4 is 9.80 Å². The zero-order chi connectivity index (χ0) is 43.2. The number of benzene rings is 9. The summed E-state index contributed by atoms with van der Waals surface area (Å²) in [5.74, 6) is 0. The summed E-state index contributed by atoms with van der Waals surface area (Å²) >= 11 is 0. The normalized spacial score (nSPS) is 11.1. The molecule has 0 saturated carbocycles. The van der Waals surface area contributed by atoms with E-state index in [0.717, 1.165) is 80.5 Å². The second kappa shape index (κ2) is 18.1. The van der Waals surface area contributed by atoms with Crippen molar-refractivity contribution >= 4 is 45.2 Å². The molecule has 0 spiro atoms. The van der Waals surface area contributed by atoms with Crippen molar-refractivity contribution in [2.24, 2.45) is 0 Å². The summed E-state index contributed by atoms with van der Waals surface area (Å²) in [7, 11) is 0. The highest BCUT2D eigenvalue weighted by atomic mass is 15.1. The number of anilines is 6. The van der Waals surface area contributed by atoms with Crippen molar-refractivity contribution < 1.29 is 0 Å². The van der Waals surface area contributed by atoms with Gasteiger partial charge in [-0.05, 0) is 131 Å². The third-order valence-electron chi connectivity index (χ3n) is 12.0. The lowest BCUT2D eigenvalue weighted by atomic mass is 10.0. The zero-order valence-electron chi connectivity index (χ0n) is 36.1. The minimum atomic E-state index is 0.841. The van der Waals surface area contributed by atoms with Gasteiger partial charge in [0.05, 0.1) is 22.4 Å². The maximum absolute atomic E-state index is 5.29. The summed E-state index contributed by atoms with van der Waals surface area (Å²) in [6, 6.07) is 82.1. The van der Waals surface area contributed by atoms with Crippen LogP contribution in [0.1, 0.15) is 25.0 Å². The highest BCUT2D eigenvalue weighted by molar-refractivity contribution is 5.88. The van der Waals surface area contributed by atoms with Crippen molar-refractivity contribution in [2.45, 2.75) is 26.7 Å². The molecule has 4 heteroatoms. The average Bonchev–Trinajstić information content (AvgIpc) is 3.37. The molecule has 0 saturated heterocycles. The summed E-state index contributed by atoms with van der Waals surface area (Å²) in [4.78, 5) is 15.3. The van der Waals surface area contributed by atoms with E-state index in [1.807, 2.05) is 24.3 Å². The molecular weight excluding hydrogens is 777 g/mol. The summed E-state index contributed by atoms with van der Waals surface area (Å²) in [5.41, 5.74) is 19.3. The van der Waals surface area contributed by atoms with Gasteiger partial charge < -0.3 is 9.80 Å². The molecular formula is C60H48N4. The molecule has 0 unspecified atom stereocenters. The van der Waals surface area contributed by atoms with Crippen LogP contribution in [0.25, 0.3) is 55.8 Å². The highest BCUT2D eigenvalue weighted by Gasteiger charge is 2.19. The third kappa shape index (κ3) is 8.30. The predicted octanol–water partition coefficient (Wildman–Crippen LogP) is 16.4. The molecule has 0 aliphatic carbocycles. The molecule has 64 heavy (non-hydrogen) atoms. The lowest BCUT2D eigenvalue weighted by Crippen LogP contribution is -2.10. The van der Waals surface area contributed by atoms with Gasteiger partial charge in [-0.2, -0.15) is 0 Å². The molecule has 0 aliphatic rings. The van der Waals surface area contributed by atoms with E-state index in [0.29, 0.717) is 0 Å². The molecule has 0 fully saturated rings. The molecule has 0 atom stereocenters. The van der Waals surface area contributed by atoms with Gasteiger partial charge in [0, 0.05) is 45.3 Å². The summed E-state index contributed by atoms with van der Waals surface area (Å²) in [6.07, 6.45) is 1.92. The van der Waals surface area contributed by atoms with Crippen LogP contribution >= 0.6 is 0 Å². The van der Waals surface area contributed by atoms with E-state index in [1.54, 1.807) is 0 Å². The van der Waals surface area contributed by atoms with E-state index in [4.69, 9.17) is 9.97 Å². The van der Waals surface area contributed by atoms with Crippen molar-refractivity contribution in [1.29, 1.82) is 0 Å². The van der Waals surface area contributed by atoms with Crippen molar-refractivity contribution in [3.8, 4) is 44.8 Å². The fraction of sp³-hybridized carbons (Fsp3) is 0.0667. The van der Waals surface area contributed by atoms with E-state index >= 15 is 0 Å². The summed E-state index contributed by atoms with van der Waals surface area (Å²) < 4.78 is 0. The molecule has 10 rings (SSSR count). The predicted molar refractivity (Wildman–Crippen MR) is 269 cm³/mol. The van der Waals surface area contributed by atoms with Gasteiger partial charge in [-0.3, -0.25) is 0 Å². The molecule has 0 amide bonds. The average molecular weight is 825 g/mol. The molecule has 0 bridgehead atoms. The minimum Gasteiger partial charge on any atom is -0.310 e. The van der Waals surface area contributed by atoms with E-state index < -0.39 is 0 Å². The van der Waals surface area contributed by atoms with Crippen LogP contribution in [0.15, 0.2) is 231 Å². The van der Waals surface area contributed by atoms with Crippen LogP contribution in [0.2, 0.25) is 0 Å². The van der Waals surface area contributed by atoms with Crippen molar-refractivity contribution in [3.05, 3.63) is 242 Å². The van der Waals surface area contributed by atoms with Gasteiger partial charge in [0.2, 0.25) is 0 Å². The Morgan fingerprint density at radius 3 is 0.938 bits per heavy atom. The Hall–Kier alpha value is -8.08. The second-order valence-corrected chi connectivity index (χ2v) is 16.0. The molecule has 1 heterocycles. The van der Waals surface area contributed by atoms with Crippen molar-refractivity contribution in [3.63, 3.8) is 0 Å². The van der Waals surface area contributed by atoms with E-state index in [1.165, 1.54) is 33.4 Å². The Labute approximate surface area is 376 Å². The Bertz CT molecular complexity index is 2930. The van der Waals surface area contributed by atoms with E-state index in [2.05, 4.69) is 230 Å². The van der Waals surface area contributed by atoms with Gasteiger partial charge in [0.25, 0.3) is 0 Å². The maximum Gasteiger partial charge on any atom is 0.0973 e. The fourth-order valence-corrected chi connectivity index (χ4v) is 8.53. The number of para-hydroxylation sites is 2. The van der Waals surface area contributed by atoms with Gasteiger partial charge >= 0.3 is 0 Å². The van der Waals surface area contributed by atoms with Crippen LogP contribution in [-0.4, -0.2) is 9.97 Å². The van der Waals surface area contributed by atoms with Crippen LogP contribution in [0.4, 0.5) is 34.1 Å². The van der Waals surface area contributed by atoms with Crippen LogP contribution in [0.3, 0.4) is 0 Å². The van der Waals surface area contributed by atoms with Gasteiger partial charge in [-0.25, -0.2) is 9.97 Å². The monoisotopic (exact) mass is 824 g/mol. The Morgan fingerprint density at radius 2 is 0.594 bits per heavy atom. The topological polar surface area (TPSA) is 32.3 Å². The van der Waals surface area contributed by atoms with Gasteiger partial charge in [-0.15, -0.1) is 0 Å². The minimum absolute atomic E-state index is 0.841. The number of nitrogens with zero attached hydrogens (tertiary/aromatic N) is 4. The number of hydrogen-bond acceptors (Lipinski definition) is 4. The van der Waals surface area contributed by atoms with E-state index in [9.17, 15) is 0 Å². The quantitative estimate of drug-likeness (QED) is 0.123. The van der Waals surface area contributed by atoms with Crippen LogP contribution in [0, 0.1) is 0 Å². The number of aromatic nitrogens is 2. The van der Waals surface area contributed by atoms with Gasteiger partial charge in [0.15, 0.2) is 0 Å². The fourth-order valence-electron chi connectivity index (χ4n) is 8.53. The first-order valence-corrected chi connectivity index (χ1v) is 22.2. The smallest absolute Gasteiger partial charge is 0.0973 e. The summed E-state index contributed by atoms with van der Waals surface area (Å²) in [6.45, 7) is 4.41. The second-order valence-electron chi connectivity index (χ2n) is 16.0. The number of aryl methyl sites for hydroxylation is 2. The molecule has 308 valence electrons.